The monoisotopic (exact) mass is 450 g/mol. The van der Waals surface area contributed by atoms with Crippen molar-refractivity contribution in [2.75, 3.05) is 13.7 Å². The van der Waals surface area contributed by atoms with Crippen LogP contribution in [0.2, 0.25) is 5.02 Å². The van der Waals surface area contributed by atoms with E-state index in [1.165, 1.54) is 0 Å². The van der Waals surface area contributed by atoms with E-state index in [1.54, 1.807) is 31.4 Å². The lowest BCUT2D eigenvalue weighted by atomic mass is 9.96. The van der Waals surface area contributed by atoms with E-state index in [0.717, 1.165) is 41.3 Å². The van der Waals surface area contributed by atoms with E-state index in [0.29, 0.717) is 34.6 Å². The summed E-state index contributed by atoms with van der Waals surface area (Å²) in [5.74, 6) is -0.476. The third-order valence-corrected chi connectivity index (χ3v) is 6.04. The van der Waals surface area contributed by atoms with Crippen molar-refractivity contribution in [3.63, 3.8) is 0 Å². The molecular formula is C28H25ClF2O. The first-order valence-electron chi connectivity index (χ1n) is 10.8. The fourth-order valence-electron chi connectivity index (χ4n) is 4.00. The van der Waals surface area contributed by atoms with Crippen molar-refractivity contribution in [1.82, 2.24) is 0 Å². The van der Waals surface area contributed by atoms with Crippen molar-refractivity contribution in [3.05, 3.63) is 106 Å². The van der Waals surface area contributed by atoms with E-state index >= 15 is 4.39 Å². The zero-order valence-corrected chi connectivity index (χ0v) is 18.8. The van der Waals surface area contributed by atoms with E-state index in [9.17, 15) is 4.39 Å². The SMILES string of the molecule is COCCCc1ccc(-c2ccc3c(F)c(CCc4ccc(Cl)cc4)ccc3c2)c(F)c1. The number of aryl methyl sites for hydroxylation is 3. The molecule has 0 spiro atoms. The van der Waals surface area contributed by atoms with Gasteiger partial charge >= 0.3 is 0 Å². The van der Waals surface area contributed by atoms with Crippen LogP contribution in [-0.2, 0) is 24.0 Å². The van der Waals surface area contributed by atoms with Gasteiger partial charge in [0.1, 0.15) is 11.6 Å². The molecule has 0 amide bonds. The van der Waals surface area contributed by atoms with E-state index in [1.807, 2.05) is 48.5 Å². The Bertz CT molecular complexity index is 1220. The number of benzene rings is 4. The van der Waals surface area contributed by atoms with Crippen molar-refractivity contribution in [2.24, 2.45) is 0 Å². The number of hydrogen-bond acceptors (Lipinski definition) is 1. The summed E-state index contributed by atoms with van der Waals surface area (Å²) in [5.41, 5.74) is 4.00. The van der Waals surface area contributed by atoms with Gasteiger partial charge < -0.3 is 4.74 Å². The number of rotatable bonds is 8. The maximum atomic E-state index is 15.1. The molecule has 0 fully saturated rings. The van der Waals surface area contributed by atoms with Crippen LogP contribution in [0.15, 0.2) is 72.8 Å². The van der Waals surface area contributed by atoms with Gasteiger partial charge in [-0.2, -0.15) is 0 Å². The molecule has 4 aromatic rings. The van der Waals surface area contributed by atoms with E-state index in [-0.39, 0.29) is 11.6 Å². The molecular weight excluding hydrogens is 426 g/mol. The highest BCUT2D eigenvalue weighted by Gasteiger charge is 2.11. The van der Waals surface area contributed by atoms with Gasteiger partial charge in [0.15, 0.2) is 0 Å². The third kappa shape index (κ3) is 5.17. The van der Waals surface area contributed by atoms with Crippen LogP contribution in [0.4, 0.5) is 8.78 Å². The predicted octanol–water partition coefficient (Wildman–Crippen LogP) is 7.80. The Morgan fingerprint density at radius 3 is 2.31 bits per heavy atom. The van der Waals surface area contributed by atoms with Crippen molar-refractivity contribution in [3.8, 4) is 11.1 Å². The molecule has 0 radical (unpaired) electrons. The lowest BCUT2D eigenvalue weighted by Gasteiger charge is -2.10. The van der Waals surface area contributed by atoms with Crippen LogP contribution in [0.25, 0.3) is 21.9 Å². The van der Waals surface area contributed by atoms with Crippen LogP contribution in [0.5, 0.6) is 0 Å². The molecule has 0 N–H and O–H groups in total. The summed E-state index contributed by atoms with van der Waals surface area (Å²) in [4.78, 5) is 0. The molecule has 32 heavy (non-hydrogen) atoms. The number of halogens is 3. The normalized spacial score (nSPS) is 11.2. The smallest absolute Gasteiger partial charge is 0.134 e. The maximum Gasteiger partial charge on any atom is 0.134 e. The second-order valence-corrected chi connectivity index (χ2v) is 8.45. The van der Waals surface area contributed by atoms with E-state index in [4.69, 9.17) is 16.3 Å². The molecule has 0 bridgehead atoms. The average molecular weight is 451 g/mol. The first-order valence-corrected chi connectivity index (χ1v) is 11.2. The molecule has 0 aliphatic heterocycles. The molecule has 1 nitrogen and oxygen atoms in total. The van der Waals surface area contributed by atoms with E-state index in [2.05, 4.69) is 0 Å². The van der Waals surface area contributed by atoms with Crippen LogP contribution in [0, 0.1) is 11.6 Å². The van der Waals surface area contributed by atoms with Gasteiger partial charge in [0, 0.05) is 29.7 Å². The molecule has 0 aliphatic rings. The quantitative estimate of drug-likeness (QED) is 0.249. The second-order valence-electron chi connectivity index (χ2n) is 8.01. The maximum absolute atomic E-state index is 15.1. The summed E-state index contributed by atoms with van der Waals surface area (Å²) in [6.07, 6.45) is 2.96. The molecule has 0 saturated carbocycles. The molecule has 0 heterocycles. The molecule has 0 aromatic heterocycles. The van der Waals surface area contributed by atoms with Gasteiger partial charge in [-0.05, 0) is 77.6 Å². The number of methoxy groups -OCH3 is 1. The highest BCUT2D eigenvalue weighted by atomic mass is 35.5. The fourth-order valence-corrected chi connectivity index (χ4v) is 4.12. The van der Waals surface area contributed by atoms with Crippen LogP contribution < -0.4 is 0 Å². The minimum Gasteiger partial charge on any atom is -0.385 e. The summed E-state index contributed by atoms with van der Waals surface area (Å²) in [7, 11) is 1.66. The van der Waals surface area contributed by atoms with Gasteiger partial charge in [0.05, 0.1) is 0 Å². The largest absolute Gasteiger partial charge is 0.385 e. The zero-order chi connectivity index (χ0) is 22.5. The average Bonchev–Trinajstić information content (AvgIpc) is 2.80. The fraction of sp³-hybridized carbons (Fsp3) is 0.214. The highest BCUT2D eigenvalue weighted by molar-refractivity contribution is 6.30. The first kappa shape index (κ1) is 22.4. The molecule has 164 valence electrons. The Morgan fingerprint density at radius 1 is 0.781 bits per heavy atom. The Hall–Kier alpha value is -2.75. The predicted molar refractivity (Wildman–Crippen MR) is 128 cm³/mol. The van der Waals surface area contributed by atoms with Crippen molar-refractivity contribution >= 4 is 22.4 Å². The van der Waals surface area contributed by atoms with Crippen LogP contribution >= 0.6 is 11.6 Å². The van der Waals surface area contributed by atoms with Gasteiger partial charge in [0.25, 0.3) is 0 Å². The molecule has 0 aliphatic carbocycles. The first-order chi connectivity index (χ1) is 15.5. The summed E-state index contributed by atoms with van der Waals surface area (Å²) in [6.45, 7) is 0.654. The zero-order valence-electron chi connectivity index (χ0n) is 18.0. The van der Waals surface area contributed by atoms with Crippen LogP contribution in [0.1, 0.15) is 23.1 Å². The van der Waals surface area contributed by atoms with Crippen molar-refractivity contribution in [2.45, 2.75) is 25.7 Å². The minimum atomic E-state index is -0.265. The Morgan fingerprint density at radius 2 is 1.56 bits per heavy atom. The van der Waals surface area contributed by atoms with Crippen molar-refractivity contribution in [1.29, 1.82) is 0 Å². The standard InChI is InChI=1S/C28H25ClF2O/c1-32-16-2-3-20-7-14-25(27(30)17-20)22-11-15-26-23(18-22)10-9-21(28(26)31)8-4-19-5-12-24(29)13-6-19/h5-7,9-15,17-18H,2-4,8,16H2,1H3. The molecule has 0 saturated heterocycles. The number of ether oxygens (including phenoxy) is 1. The Labute approximate surface area is 192 Å². The molecule has 4 heteroatoms. The number of fused-ring (bicyclic) bond motifs is 1. The van der Waals surface area contributed by atoms with Crippen LogP contribution in [-0.4, -0.2) is 13.7 Å². The van der Waals surface area contributed by atoms with Gasteiger partial charge in [-0.15, -0.1) is 0 Å². The Balaban J connectivity index is 1.54. The molecule has 0 unspecified atom stereocenters. The lowest BCUT2D eigenvalue weighted by molar-refractivity contribution is 0.195. The summed E-state index contributed by atoms with van der Waals surface area (Å²) >= 11 is 5.93. The van der Waals surface area contributed by atoms with Crippen LogP contribution in [0.3, 0.4) is 0 Å². The Kier molecular flexibility index (Phi) is 7.19. The summed E-state index contributed by atoms with van der Waals surface area (Å²) < 4.78 is 35.0. The topological polar surface area (TPSA) is 9.23 Å². The number of hydrogen-bond donors (Lipinski definition) is 0. The summed E-state index contributed by atoms with van der Waals surface area (Å²) in [6, 6.07) is 22.1. The van der Waals surface area contributed by atoms with Crippen molar-refractivity contribution < 1.29 is 13.5 Å². The van der Waals surface area contributed by atoms with Gasteiger partial charge in [-0.3, -0.25) is 0 Å². The minimum absolute atomic E-state index is 0.211. The van der Waals surface area contributed by atoms with Gasteiger partial charge in [0.2, 0.25) is 0 Å². The highest BCUT2D eigenvalue weighted by Crippen LogP contribution is 2.30. The third-order valence-electron chi connectivity index (χ3n) is 5.79. The molecule has 0 atom stereocenters. The van der Waals surface area contributed by atoms with E-state index < -0.39 is 0 Å². The second kappa shape index (κ2) is 10.2. The van der Waals surface area contributed by atoms with Gasteiger partial charge in [-0.1, -0.05) is 60.1 Å². The molecule has 4 rings (SSSR count). The van der Waals surface area contributed by atoms with Gasteiger partial charge in [-0.25, -0.2) is 8.78 Å². The lowest BCUT2D eigenvalue weighted by Crippen LogP contribution is -1.96. The summed E-state index contributed by atoms with van der Waals surface area (Å²) in [5, 5.41) is 2.01. The molecule has 4 aromatic carbocycles.